The zero-order valence-electron chi connectivity index (χ0n) is 13.9. The number of benzene rings is 2. The highest BCUT2D eigenvalue weighted by molar-refractivity contribution is 6.12. The minimum Gasteiger partial charge on any atom is -0.478 e. The predicted molar refractivity (Wildman–Crippen MR) is 95.0 cm³/mol. The number of carbonyl (C=O) groups excluding carboxylic acids is 1. The SMILES string of the molecule is Cc1cc(-c2c(C(=O)O)cccc2C(=O)Nc2ccccc2)c(C)o1. The maximum absolute atomic E-state index is 12.8. The molecule has 0 atom stereocenters. The Morgan fingerprint density at radius 3 is 2.24 bits per heavy atom. The van der Waals surface area contributed by atoms with Gasteiger partial charge in [0, 0.05) is 22.4 Å². The molecule has 5 nitrogen and oxygen atoms in total. The Balaban J connectivity index is 2.13. The summed E-state index contributed by atoms with van der Waals surface area (Å²) >= 11 is 0. The predicted octanol–water partition coefficient (Wildman–Crippen LogP) is 4.51. The summed E-state index contributed by atoms with van der Waals surface area (Å²) in [7, 11) is 0. The second kappa shape index (κ2) is 6.65. The minimum atomic E-state index is -1.09. The number of aromatic carboxylic acids is 1. The Morgan fingerprint density at radius 2 is 1.64 bits per heavy atom. The summed E-state index contributed by atoms with van der Waals surface area (Å²) < 4.78 is 5.53. The van der Waals surface area contributed by atoms with Crippen LogP contribution in [-0.4, -0.2) is 17.0 Å². The van der Waals surface area contributed by atoms with E-state index in [1.54, 1.807) is 44.2 Å². The fourth-order valence-corrected chi connectivity index (χ4v) is 2.81. The van der Waals surface area contributed by atoms with Gasteiger partial charge in [0.1, 0.15) is 11.5 Å². The lowest BCUT2D eigenvalue weighted by atomic mass is 9.93. The van der Waals surface area contributed by atoms with Gasteiger partial charge in [-0.3, -0.25) is 4.79 Å². The van der Waals surface area contributed by atoms with Crippen molar-refractivity contribution in [2.45, 2.75) is 13.8 Å². The van der Waals surface area contributed by atoms with Gasteiger partial charge in [0.15, 0.2) is 0 Å². The molecule has 5 heteroatoms. The molecule has 0 fully saturated rings. The lowest BCUT2D eigenvalue weighted by molar-refractivity contribution is 0.0697. The van der Waals surface area contributed by atoms with Gasteiger partial charge in [-0.2, -0.15) is 0 Å². The molecule has 0 aliphatic heterocycles. The highest BCUT2D eigenvalue weighted by Crippen LogP contribution is 2.33. The molecule has 3 aromatic rings. The number of carbonyl (C=O) groups is 2. The molecule has 0 saturated heterocycles. The van der Waals surface area contributed by atoms with E-state index in [-0.39, 0.29) is 17.0 Å². The number of carboxylic acids is 1. The average Bonchev–Trinajstić information content (AvgIpc) is 2.93. The van der Waals surface area contributed by atoms with E-state index in [1.165, 1.54) is 6.07 Å². The molecule has 2 N–H and O–H groups in total. The van der Waals surface area contributed by atoms with E-state index >= 15 is 0 Å². The van der Waals surface area contributed by atoms with E-state index in [0.29, 0.717) is 28.3 Å². The van der Waals surface area contributed by atoms with Crippen molar-refractivity contribution in [3.63, 3.8) is 0 Å². The summed E-state index contributed by atoms with van der Waals surface area (Å²) in [6.07, 6.45) is 0. The maximum Gasteiger partial charge on any atom is 0.336 e. The van der Waals surface area contributed by atoms with Crippen molar-refractivity contribution in [3.8, 4) is 11.1 Å². The number of anilines is 1. The lowest BCUT2D eigenvalue weighted by Gasteiger charge is -2.12. The van der Waals surface area contributed by atoms with Crippen LogP contribution in [0.1, 0.15) is 32.2 Å². The Hall–Kier alpha value is -3.34. The fraction of sp³-hybridized carbons (Fsp3) is 0.100. The number of hydrogen-bond acceptors (Lipinski definition) is 3. The first-order valence-electron chi connectivity index (χ1n) is 7.77. The largest absolute Gasteiger partial charge is 0.478 e. The van der Waals surface area contributed by atoms with Crippen LogP contribution in [0.2, 0.25) is 0 Å². The summed E-state index contributed by atoms with van der Waals surface area (Å²) in [5.74, 6) is -0.243. The molecule has 0 bridgehead atoms. The van der Waals surface area contributed by atoms with Crippen LogP contribution < -0.4 is 5.32 Å². The van der Waals surface area contributed by atoms with Crippen LogP contribution >= 0.6 is 0 Å². The van der Waals surface area contributed by atoms with Crippen molar-refractivity contribution >= 4 is 17.6 Å². The van der Waals surface area contributed by atoms with Gasteiger partial charge in [-0.1, -0.05) is 24.3 Å². The van der Waals surface area contributed by atoms with Gasteiger partial charge >= 0.3 is 5.97 Å². The summed E-state index contributed by atoms with van der Waals surface area (Å²) in [4.78, 5) is 24.5. The van der Waals surface area contributed by atoms with Crippen LogP contribution in [0.4, 0.5) is 5.69 Å². The number of hydrogen-bond donors (Lipinski definition) is 2. The van der Waals surface area contributed by atoms with Gasteiger partial charge in [0.2, 0.25) is 0 Å². The van der Waals surface area contributed by atoms with Crippen LogP contribution in [0.25, 0.3) is 11.1 Å². The smallest absolute Gasteiger partial charge is 0.336 e. The molecule has 0 aliphatic carbocycles. The van der Waals surface area contributed by atoms with E-state index in [2.05, 4.69) is 5.32 Å². The molecule has 0 saturated carbocycles. The molecular weight excluding hydrogens is 318 g/mol. The standard InChI is InChI=1S/C20H17NO4/c1-12-11-17(13(2)25-12)18-15(9-6-10-16(18)20(23)24)19(22)21-14-7-4-3-5-8-14/h3-11H,1-2H3,(H,21,22)(H,23,24). The first-order valence-corrected chi connectivity index (χ1v) is 7.77. The fourth-order valence-electron chi connectivity index (χ4n) is 2.81. The van der Waals surface area contributed by atoms with Gasteiger partial charge in [-0.05, 0) is 44.2 Å². The molecule has 1 heterocycles. The number of carboxylic acid groups (broad SMARTS) is 1. The second-order valence-electron chi connectivity index (χ2n) is 5.68. The molecule has 25 heavy (non-hydrogen) atoms. The second-order valence-corrected chi connectivity index (χ2v) is 5.68. The summed E-state index contributed by atoms with van der Waals surface area (Å²) in [6, 6.07) is 15.4. The molecule has 0 aliphatic rings. The molecule has 126 valence electrons. The van der Waals surface area contributed by atoms with Crippen LogP contribution in [0.15, 0.2) is 59.0 Å². The normalized spacial score (nSPS) is 10.5. The number of rotatable bonds is 4. The van der Waals surface area contributed by atoms with Crippen molar-refractivity contribution < 1.29 is 19.1 Å². The van der Waals surface area contributed by atoms with E-state index in [0.717, 1.165) is 0 Å². The van der Waals surface area contributed by atoms with Gasteiger partial charge in [0.05, 0.1) is 5.56 Å². The third-order valence-corrected chi connectivity index (χ3v) is 3.88. The Bertz CT molecular complexity index is 942. The molecule has 0 unspecified atom stereocenters. The molecule has 0 radical (unpaired) electrons. The minimum absolute atomic E-state index is 0.0598. The summed E-state index contributed by atoms with van der Waals surface area (Å²) in [6.45, 7) is 3.53. The van der Waals surface area contributed by atoms with Crippen LogP contribution in [0.5, 0.6) is 0 Å². The van der Waals surface area contributed by atoms with Gasteiger partial charge in [-0.25, -0.2) is 4.79 Å². The maximum atomic E-state index is 12.8. The number of aryl methyl sites for hydroxylation is 2. The topological polar surface area (TPSA) is 79.5 Å². The van der Waals surface area contributed by atoms with Crippen molar-refractivity contribution in [1.82, 2.24) is 0 Å². The average molecular weight is 335 g/mol. The Labute approximate surface area is 144 Å². The van der Waals surface area contributed by atoms with E-state index < -0.39 is 5.97 Å². The molecular formula is C20H17NO4. The number of amides is 1. The summed E-state index contributed by atoms with van der Waals surface area (Å²) in [5.41, 5.74) is 1.95. The van der Waals surface area contributed by atoms with Crippen molar-refractivity contribution in [2.75, 3.05) is 5.32 Å². The number of nitrogens with one attached hydrogen (secondary N) is 1. The van der Waals surface area contributed by atoms with Crippen LogP contribution in [-0.2, 0) is 0 Å². The number of furan rings is 1. The zero-order chi connectivity index (χ0) is 18.0. The van der Waals surface area contributed by atoms with E-state index in [9.17, 15) is 14.7 Å². The highest BCUT2D eigenvalue weighted by atomic mass is 16.4. The van der Waals surface area contributed by atoms with Gasteiger partial charge in [0.25, 0.3) is 5.91 Å². The third-order valence-electron chi connectivity index (χ3n) is 3.88. The van der Waals surface area contributed by atoms with Crippen LogP contribution in [0.3, 0.4) is 0 Å². The first kappa shape index (κ1) is 16.5. The van der Waals surface area contributed by atoms with Crippen molar-refractivity contribution in [3.05, 3.63) is 77.2 Å². The van der Waals surface area contributed by atoms with Crippen molar-refractivity contribution in [2.24, 2.45) is 0 Å². The van der Waals surface area contributed by atoms with E-state index in [1.807, 2.05) is 18.2 Å². The molecule has 3 rings (SSSR count). The van der Waals surface area contributed by atoms with Gasteiger partial charge < -0.3 is 14.8 Å². The third kappa shape index (κ3) is 3.30. The molecule has 0 spiro atoms. The first-order chi connectivity index (χ1) is 12.0. The Kier molecular flexibility index (Phi) is 4.39. The van der Waals surface area contributed by atoms with Gasteiger partial charge in [-0.15, -0.1) is 0 Å². The lowest BCUT2D eigenvalue weighted by Crippen LogP contribution is -2.15. The monoisotopic (exact) mass is 335 g/mol. The molecule has 1 aromatic heterocycles. The molecule has 2 aromatic carbocycles. The zero-order valence-corrected chi connectivity index (χ0v) is 13.9. The Morgan fingerprint density at radius 1 is 0.960 bits per heavy atom. The van der Waals surface area contributed by atoms with Crippen LogP contribution in [0, 0.1) is 13.8 Å². The van der Waals surface area contributed by atoms with E-state index in [4.69, 9.17) is 4.42 Å². The highest BCUT2D eigenvalue weighted by Gasteiger charge is 2.23. The summed E-state index contributed by atoms with van der Waals surface area (Å²) in [5, 5.41) is 12.4. The van der Waals surface area contributed by atoms with Crippen molar-refractivity contribution in [1.29, 1.82) is 0 Å². The quantitative estimate of drug-likeness (QED) is 0.735. The number of para-hydroxylation sites is 1. The molecule has 1 amide bonds.